The summed E-state index contributed by atoms with van der Waals surface area (Å²) in [4.78, 5) is 28.7. The van der Waals surface area contributed by atoms with Crippen LogP contribution in [0, 0.1) is 0 Å². The second-order valence-corrected chi connectivity index (χ2v) is 4.44. The highest BCUT2D eigenvalue weighted by molar-refractivity contribution is 6.08. The molecule has 0 aliphatic heterocycles. The Labute approximate surface area is 105 Å². The number of carbonyl (C=O) groups is 2. The van der Waals surface area contributed by atoms with E-state index in [2.05, 4.69) is 4.98 Å². The number of carbonyl (C=O) groups excluding carboxylic acids is 2. The fourth-order valence-corrected chi connectivity index (χ4v) is 1.53. The van der Waals surface area contributed by atoms with Gasteiger partial charge >= 0.3 is 0 Å². The van der Waals surface area contributed by atoms with Crippen LogP contribution in [0.5, 0.6) is 5.75 Å². The molecule has 1 fully saturated rings. The van der Waals surface area contributed by atoms with E-state index < -0.39 is 5.91 Å². The Balaban J connectivity index is 2.47. The Hall–Kier alpha value is -2.11. The molecule has 0 bridgehead atoms. The molecule has 96 valence electrons. The van der Waals surface area contributed by atoms with E-state index in [1.165, 1.54) is 17.3 Å². The second-order valence-electron chi connectivity index (χ2n) is 4.44. The fourth-order valence-electron chi connectivity index (χ4n) is 1.53. The van der Waals surface area contributed by atoms with Crippen LogP contribution >= 0.6 is 0 Å². The van der Waals surface area contributed by atoms with Gasteiger partial charge in [-0.1, -0.05) is 0 Å². The van der Waals surface area contributed by atoms with Crippen molar-refractivity contribution in [2.45, 2.75) is 18.9 Å². The van der Waals surface area contributed by atoms with E-state index in [-0.39, 0.29) is 23.1 Å². The highest BCUT2D eigenvalue weighted by Gasteiger charge is 2.28. The first kappa shape index (κ1) is 12.3. The van der Waals surface area contributed by atoms with Gasteiger partial charge in [0.05, 0.1) is 23.4 Å². The van der Waals surface area contributed by atoms with Crippen LogP contribution in [0.2, 0.25) is 0 Å². The molecule has 6 nitrogen and oxygen atoms in total. The van der Waals surface area contributed by atoms with Crippen molar-refractivity contribution in [3.05, 3.63) is 23.5 Å². The number of hydrogen-bond acceptors (Lipinski definition) is 4. The third-order valence-corrected chi connectivity index (χ3v) is 2.61. The number of amides is 2. The summed E-state index contributed by atoms with van der Waals surface area (Å²) in [6.07, 6.45) is 4.76. The molecule has 0 spiro atoms. The predicted octanol–water partition coefficient (Wildman–Crippen LogP) is 0.424. The van der Waals surface area contributed by atoms with Crippen molar-refractivity contribution in [2.24, 2.45) is 5.73 Å². The summed E-state index contributed by atoms with van der Waals surface area (Å²) in [5.41, 5.74) is 5.54. The summed E-state index contributed by atoms with van der Waals surface area (Å²) >= 11 is 0. The second kappa shape index (κ2) is 4.64. The minimum absolute atomic E-state index is 0.0897. The molecule has 1 aliphatic rings. The molecule has 0 atom stereocenters. The largest absolute Gasteiger partial charge is 0.488 e. The molecule has 2 N–H and O–H groups in total. The summed E-state index contributed by atoms with van der Waals surface area (Å²) in [6, 6.07) is 0. The summed E-state index contributed by atoms with van der Waals surface area (Å²) in [5, 5.41) is 0. The first-order valence-corrected chi connectivity index (χ1v) is 5.67. The first-order chi connectivity index (χ1) is 8.50. The van der Waals surface area contributed by atoms with Crippen molar-refractivity contribution in [1.29, 1.82) is 0 Å². The third-order valence-electron chi connectivity index (χ3n) is 2.61. The molecule has 0 aromatic carbocycles. The number of pyridine rings is 1. The maximum atomic E-state index is 12.1. The smallest absolute Gasteiger partial charge is 0.258 e. The van der Waals surface area contributed by atoms with Crippen molar-refractivity contribution < 1.29 is 14.3 Å². The van der Waals surface area contributed by atoms with E-state index in [0.717, 1.165) is 12.8 Å². The maximum Gasteiger partial charge on any atom is 0.258 e. The topological polar surface area (TPSA) is 85.5 Å². The van der Waals surface area contributed by atoms with Crippen molar-refractivity contribution in [2.75, 3.05) is 14.1 Å². The molecular formula is C12H15N3O3. The van der Waals surface area contributed by atoms with Crippen LogP contribution in [0.15, 0.2) is 12.4 Å². The van der Waals surface area contributed by atoms with E-state index in [0.29, 0.717) is 5.75 Å². The van der Waals surface area contributed by atoms with E-state index in [9.17, 15) is 9.59 Å². The molecule has 0 radical (unpaired) electrons. The van der Waals surface area contributed by atoms with Gasteiger partial charge in [-0.2, -0.15) is 0 Å². The van der Waals surface area contributed by atoms with Gasteiger partial charge in [0.25, 0.3) is 11.8 Å². The lowest BCUT2D eigenvalue weighted by atomic mass is 10.1. The molecule has 1 heterocycles. The number of primary amides is 1. The Morgan fingerprint density at radius 2 is 2.06 bits per heavy atom. The molecule has 1 aliphatic carbocycles. The number of hydrogen-bond donors (Lipinski definition) is 1. The quantitative estimate of drug-likeness (QED) is 0.838. The van der Waals surface area contributed by atoms with Crippen LogP contribution < -0.4 is 10.5 Å². The van der Waals surface area contributed by atoms with E-state index >= 15 is 0 Å². The van der Waals surface area contributed by atoms with Crippen LogP contribution in [-0.4, -0.2) is 41.9 Å². The van der Waals surface area contributed by atoms with Gasteiger partial charge in [-0.15, -0.1) is 0 Å². The molecule has 1 saturated carbocycles. The van der Waals surface area contributed by atoms with Gasteiger partial charge in [0.2, 0.25) is 0 Å². The standard InChI is InChI=1S/C12H15N3O3/c1-15(2)12(17)10-8(11(13)16)5-14-6-9(10)18-7-3-4-7/h5-7H,3-4H2,1-2H3,(H2,13,16). The lowest BCUT2D eigenvalue weighted by Gasteiger charge is -2.16. The number of nitrogens with two attached hydrogens (primary N) is 1. The zero-order chi connectivity index (χ0) is 13.3. The maximum absolute atomic E-state index is 12.1. The van der Waals surface area contributed by atoms with Gasteiger partial charge in [-0.3, -0.25) is 14.6 Å². The Kier molecular flexibility index (Phi) is 3.18. The molecule has 0 saturated heterocycles. The zero-order valence-electron chi connectivity index (χ0n) is 10.3. The van der Waals surface area contributed by atoms with E-state index in [4.69, 9.17) is 10.5 Å². The lowest BCUT2D eigenvalue weighted by Crippen LogP contribution is -2.27. The number of ether oxygens (including phenoxy) is 1. The third kappa shape index (κ3) is 2.42. The summed E-state index contributed by atoms with van der Waals surface area (Å²) in [5.74, 6) is -0.678. The van der Waals surface area contributed by atoms with Crippen molar-refractivity contribution in [3.63, 3.8) is 0 Å². The summed E-state index contributed by atoms with van der Waals surface area (Å²) < 4.78 is 5.60. The minimum atomic E-state index is -0.686. The molecule has 18 heavy (non-hydrogen) atoms. The molecule has 6 heteroatoms. The van der Waals surface area contributed by atoms with E-state index in [1.807, 2.05) is 0 Å². The first-order valence-electron chi connectivity index (χ1n) is 5.67. The molecule has 2 amide bonds. The van der Waals surface area contributed by atoms with E-state index in [1.54, 1.807) is 14.1 Å². The van der Waals surface area contributed by atoms with Crippen LogP contribution in [0.3, 0.4) is 0 Å². The number of aromatic nitrogens is 1. The SMILES string of the molecule is CN(C)C(=O)c1c(OC2CC2)cncc1C(N)=O. The lowest BCUT2D eigenvalue weighted by molar-refractivity contribution is 0.0815. The molecular weight excluding hydrogens is 234 g/mol. The van der Waals surface area contributed by atoms with Gasteiger partial charge in [-0.05, 0) is 12.8 Å². The van der Waals surface area contributed by atoms with Crippen LogP contribution in [0.25, 0.3) is 0 Å². The molecule has 0 unspecified atom stereocenters. The number of nitrogens with zero attached hydrogens (tertiary/aromatic N) is 2. The van der Waals surface area contributed by atoms with Gasteiger partial charge < -0.3 is 15.4 Å². The van der Waals surface area contributed by atoms with Gasteiger partial charge in [0, 0.05) is 20.3 Å². The van der Waals surface area contributed by atoms with Crippen LogP contribution in [0.4, 0.5) is 0 Å². The van der Waals surface area contributed by atoms with Crippen LogP contribution in [0.1, 0.15) is 33.6 Å². The van der Waals surface area contributed by atoms with Crippen molar-refractivity contribution >= 4 is 11.8 Å². The molecule has 2 rings (SSSR count). The molecule has 1 aromatic heterocycles. The van der Waals surface area contributed by atoms with Gasteiger partial charge in [0.15, 0.2) is 5.75 Å². The fraction of sp³-hybridized carbons (Fsp3) is 0.417. The monoisotopic (exact) mass is 249 g/mol. The summed E-state index contributed by atoms with van der Waals surface area (Å²) in [6.45, 7) is 0. The van der Waals surface area contributed by atoms with Gasteiger partial charge in [-0.25, -0.2) is 0 Å². The minimum Gasteiger partial charge on any atom is -0.488 e. The van der Waals surface area contributed by atoms with Gasteiger partial charge in [0.1, 0.15) is 0 Å². The zero-order valence-corrected chi connectivity index (χ0v) is 10.3. The highest BCUT2D eigenvalue weighted by Crippen LogP contribution is 2.30. The Bertz CT molecular complexity index is 495. The highest BCUT2D eigenvalue weighted by atomic mass is 16.5. The predicted molar refractivity (Wildman–Crippen MR) is 64.4 cm³/mol. The van der Waals surface area contributed by atoms with Crippen molar-refractivity contribution in [1.82, 2.24) is 9.88 Å². The normalized spacial score (nSPS) is 14.1. The average molecular weight is 249 g/mol. The van der Waals surface area contributed by atoms with Crippen LogP contribution in [-0.2, 0) is 0 Å². The number of rotatable bonds is 4. The average Bonchev–Trinajstić information content (AvgIpc) is 3.11. The Morgan fingerprint density at radius 3 is 2.56 bits per heavy atom. The Morgan fingerprint density at radius 1 is 1.39 bits per heavy atom. The van der Waals surface area contributed by atoms with Crippen molar-refractivity contribution in [3.8, 4) is 5.75 Å². The molecule has 1 aromatic rings. The summed E-state index contributed by atoms with van der Waals surface area (Å²) in [7, 11) is 3.21.